The average molecular weight is 482 g/mol. The second-order valence-electron chi connectivity index (χ2n) is 7.86. The van der Waals surface area contributed by atoms with Gasteiger partial charge in [-0.25, -0.2) is 9.78 Å². The molecule has 0 unspecified atom stereocenters. The number of anilines is 2. The Balaban J connectivity index is 1.51. The van der Waals surface area contributed by atoms with Crippen LogP contribution in [0.1, 0.15) is 28.9 Å². The van der Waals surface area contributed by atoms with Crippen LogP contribution in [0.4, 0.5) is 11.4 Å². The maximum Gasteiger partial charge on any atom is 0.337 e. The zero-order chi connectivity index (χ0) is 24.1. The first-order valence-corrected chi connectivity index (χ1v) is 11.8. The molecule has 1 amide bonds. The van der Waals surface area contributed by atoms with E-state index in [2.05, 4.69) is 15.2 Å². The third kappa shape index (κ3) is 5.14. The maximum absolute atomic E-state index is 12.9. The van der Waals surface area contributed by atoms with Crippen LogP contribution in [-0.4, -0.2) is 51.3 Å². The maximum atomic E-state index is 12.9. The number of esters is 1. The van der Waals surface area contributed by atoms with Crippen LogP contribution in [0.5, 0.6) is 11.5 Å². The Kier molecular flexibility index (Phi) is 7.32. The number of nitrogens with one attached hydrogen (secondary N) is 1. The van der Waals surface area contributed by atoms with Crippen molar-refractivity contribution in [2.75, 3.05) is 44.6 Å². The van der Waals surface area contributed by atoms with E-state index in [1.165, 1.54) is 18.4 Å². The van der Waals surface area contributed by atoms with Crippen molar-refractivity contribution < 1.29 is 23.8 Å². The van der Waals surface area contributed by atoms with Gasteiger partial charge in [-0.05, 0) is 49.2 Å². The van der Waals surface area contributed by atoms with E-state index in [4.69, 9.17) is 14.2 Å². The van der Waals surface area contributed by atoms with Gasteiger partial charge in [0.05, 0.1) is 50.4 Å². The van der Waals surface area contributed by atoms with Crippen molar-refractivity contribution in [3.8, 4) is 22.1 Å². The number of carbonyl (C=O) groups excluding carboxylic acids is 2. The van der Waals surface area contributed by atoms with Crippen molar-refractivity contribution in [3.05, 3.63) is 53.0 Å². The zero-order valence-electron chi connectivity index (χ0n) is 19.4. The summed E-state index contributed by atoms with van der Waals surface area (Å²) in [6, 6.07) is 10.9. The standard InChI is InChI=1S/C25H27N3O5S/c1-31-21-9-7-16(13-22(21)32-2)24-26-18(15-34-24)14-23(29)27-19-12-17(25(30)33-3)6-8-20(19)28-10-4-5-11-28/h6-9,12-13,15H,4-5,10-11,14H2,1-3H3,(H,27,29). The molecule has 1 N–H and O–H groups in total. The third-order valence-electron chi connectivity index (χ3n) is 5.66. The first-order valence-electron chi connectivity index (χ1n) is 11.0. The molecule has 3 aromatic rings. The van der Waals surface area contributed by atoms with Crippen LogP contribution in [0.3, 0.4) is 0 Å². The molecule has 0 spiro atoms. The molecule has 0 bridgehead atoms. The van der Waals surface area contributed by atoms with Crippen LogP contribution >= 0.6 is 11.3 Å². The predicted molar refractivity (Wildman–Crippen MR) is 132 cm³/mol. The van der Waals surface area contributed by atoms with E-state index in [0.29, 0.717) is 28.4 Å². The highest BCUT2D eigenvalue weighted by Crippen LogP contribution is 2.34. The summed E-state index contributed by atoms with van der Waals surface area (Å²) < 4.78 is 15.5. The van der Waals surface area contributed by atoms with Crippen LogP contribution < -0.4 is 19.7 Å². The Morgan fingerprint density at radius 1 is 1.03 bits per heavy atom. The van der Waals surface area contributed by atoms with Gasteiger partial charge in [0.25, 0.3) is 0 Å². The number of rotatable bonds is 8. The molecule has 1 aliphatic rings. The molecule has 0 radical (unpaired) electrons. The van der Waals surface area contributed by atoms with Gasteiger partial charge in [-0.2, -0.15) is 0 Å². The van der Waals surface area contributed by atoms with Gasteiger partial charge in [0, 0.05) is 24.0 Å². The molecule has 1 saturated heterocycles. The van der Waals surface area contributed by atoms with Crippen molar-refractivity contribution in [2.45, 2.75) is 19.3 Å². The molecule has 1 fully saturated rings. The molecule has 1 aromatic heterocycles. The molecule has 1 aliphatic heterocycles. The molecule has 0 saturated carbocycles. The van der Waals surface area contributed by atoms with Gasteiger partial charge in [0.1, 0.15) is 5.01 Å². The van der Waals surface area contributed by atoms with Crippen LogP contribution in [0.2, 0.25) is 0 Å². The normalized spacial score (nSPS) is 13.0. The van der Waals surface area contributed by atoms with Gasteiger partial charge in [0.2, 0.25) is 5.91 Å². The highest BCUT2D eigenvalue weighted by molar-refractivity contribution is 7.13. The monoisotopic (exact) mass is 481 g/mol. The highest BCUT2D eigenvalue weighted by atomic mass is 32.1. The second kappa shape index (κ2) is 10.6. The highest BCUT2D eigenvalue weighted by Gasteiger charge is 2.20. The molecule has 0 aliphatic carbocycles. The molecule has 0 atom stereocenters. The summed E-state index contributed by atoms with van der Waals surface area (Å²) in [6.45, 7) is 1.84. The molecule has 8 nitrogen and oxygen atoms in total. The van der Waals surface area contributed by atoms with Crippen molar-refractivity contribution in [3.63, 3.8) is 0 Å². The number of hydrogen-bond acceptors (Lipinski definition) is 8. The lowest BCUT2D eigenvalue weighted by molar-refractivity contribution is -0.115. The Morgan fingerprint density at radius 2 is 1.79 bits per heavy atom. The summed E-state index contributed by atoms with van der Waals surface area (Å²) in [5, 5.41) is 5.64. The van der Waals surface area contributed by atoms with Gasteiger partial charge in [-0.1, -0.05) is 0 Å². The molecule has 9 heteroatoms. The second-order valence-corrected chi connectivity index (χ2v) is 8.71. The van der Waals surface area contributed by atoms with Gasteiger partial charge >= 0.3 is 5.97 Å². The fourth-order valence-electron chi connectivity index (χ4n) is 3.96. The van der Waals surface area contributed by atoms with E-state index < -0.39 is 5.97 Å². The van der Waals surface area contributed by atoms with Crippen molar-refractivity contribution in [1.82, 2.24) is 4.98 Å². The predicted octanol–water partition coefficient (Wildman–Crippen LogP) is 4.40. The first-order chi connectivity index (χ1) is 16.5. The van der Waals surface area contributed by atoms with Crippen LogP contribution in [0.25, 0.3) is 10.6 Å². The smallest absolute Gasteiger partial charge is 0.337 e. The van der Waals surface area contributed by atoms with E-state index in [9.17, 15) is 9.59 Å². The summed E-state index contributed by atoms with van der Waals surface area (Å²) in [7, 11) is 4.52. The minimum absolute atomic E-state index is 0.117. The molecular formula is C25H27N3O5S. The topological polar surface area (TPSA) is 90.0 Å². The Hall–Kier alpha value is -3.59. The van der Waals surface area contributed by atoms with Gasteiger partial charge in [0.15, 0.2) is 11.5 Å². The minimum Gasteiger partial charge on any atom is -0.493 e. The quantitative estimate of drug-likeness (QED) is 0.477. The third-order valence-corrected chi connectivity index (χ3v) is 6.60. The van der Waals surface area contributed by atoms with Crippen LogP contribution in [0.15, 0.2) is 41.8 Å². The number of carbonyl (C=O) groups is 2. The van der Waals surface area contributed by atoms with Gasteiger partial charge in [-0.3, -0.25) is 4.79 Å². The molecule has 2 aromatic carbocycles. The van der Waals surface area contributed by atoms with Crippen LogP contribution in [0, 0.1) is 0 Å². The summed E-state index contributed by atoms with van der Waals surface area (Å²) in [5.41, 5.74) is 3.45. The van der Waals surface area contributed by atoms with Gasteiger partial charge < -0.3 is 24.4 Å². The largest absolute Gasteiger partial charge is 0.493 e. The Morgan fingerprint density at radius 3 is 2.50 bits per heavy atom. The Bertz CT molecular complexity index is 1190. The van der Waals surface area contributed by atoms with Crippen molar-refractivity contribution >= 4 is 34.6 Å². The number of ether oxygens (including phenoxy) is 3. The SMILES string of the molecule is COC(=O)c1ccc(N2CCCC2)c(NC(=O)Cc2csc(-c3ccc(OC)c(OC)c3)n2)c1. The van der Waals surface area contributed by atoms with Crippen LogP contribution in [-0.2, 0) is 16.0 Å². The Labute approximate surface area is 202 Å². The van der Waals surface area contributed by atoms with E-state index in [1.54, 1.807) is 26.4 Å². The van der Waals surface area contributed by atoms with Crippen molar-refractivity contribution in [2.24, 2.45) is 0 Å². The molecule has 34 heavy (non-hydrogen) atoms. The molecule has 178 valence electrons. The number of aromatic nitrogens is 1. The molecule has 2 heterocycles. The lowest BCUT2D eigenvalue weighted by Gasteiger charge is -2.22. The van der Waals surface area contributed by atoms with E-state index >= 15 is 0 Å². The number of methoxy groups -OCH3 is 3. The summed E-state index contributed by atoms with van der Waals surface area (Å²) in [4.78, 5) is 31.8. The fraction of sp³-hybridized carbons (Fsp3) is 0.320. The summed E-state index contributed by atoms with van der Waals surface area (Å²) in [5.74, 6) is 0.619. The van der Waals surface area contributed by atoms with E-state index in [-0.39, 0.29) is 12.3 Å². The van der Waals surface area contributed by atoms with Crippen molar-refractivity contribution in [1.29, 1.82) is 0 Å². The van der Waals surface area contributed by atoms with Gasteiger partial charge in [-0.15, -0.1) is 11.3 Å². The minimum atomic E-state index is -0.442. The number of thiazole rings is 1. The number of amides is 1. The van der Waals surface area contributed by atoms with E-state index in [0.717, 1.165) is 42.2 Å². The zero-order valence-corrected chi connectivity index (χ0v) is 20.2. The lowest BCUT2D eigenvalue weighted by Crippen LogP contribution is -2.22. The number of benzene rings is 2. The average Bonchev–Trinajstić information content (AvgIpc) is 3.55. The molecular weight excluding hydrogens is 454 g/mol. The lowest BCUT2D eigenvalue weighted by atomic mass is 10.1. The number of nitrogens with zero attached hydrogens (tertiary/aromatic N) is 2. The molecule has 4 rings (SSSR count). The summed E-state index contributed by atoms with van der Waals surface area (Å²) in [6.07, 6.45) is 2.32. The summed E-state index contributed by atoms with van der Waals surface area (Å²) >= 11 is 1.46. The first kappa shape index (κ1) is 23.6. The fourth-order valence-corrected chi connectivity index (χ4v) is 4.78. The van der Waals surface area contributed by atoms with E-state index in [1.807, 2.05) is 29.6 Å². The number of hydrogen-bond donors (Lipinski definition) is 1.